The first-order valence-electron chi connectivity index (χ1n) is 7.01. The van der Waals surface area contributed by atoms with Crippen molar-refractivity contribution in [1.29, 1.82) is 0 Å². The Hall–Kier alpha value is -1.78. The summed E-state index contributed by atoms with van der Waals surface area (Å²) in [5.74, 6) is -1.64. The largest absolute Gasteiger partial charge is 0.329 e. The second kappa shape index (κ2) is 7.29. The van der Waals surface area contributed by atoms with E-state index in [1.54, 1.807) is 6.07 Å². The molecule has 2 aromatic carbocycles. The van der Waals surface area contributed by atoms with Crippen LogP contribution in [0.25, 0.3) is 0 Å². The first-order valence-corrected chi connectivity index (χ1v) is 7.01. The highest BCUT2D eigenvalue weighted by atomic mass is 19.2. The van der Waals surface area contributed by atoms with Gasteiger partial charge in [0.1, 0.15) is 0 Å². The van der Waals surface area contributed by atoms with Crippen LogP contribution in [0.3, 0.4) is 0 Å². The number of hydrogen-bond donors (Lipinski definition) is 1. The average molecular weight is 290 g/mol. The lowest BCUT2D eigenvalue weighted by molar-refractivity contribution is 0.246. The standard InChI is InChI=1S/C17H20F2N2/c1-21(11-10-13-6-3-2-4-7-13)16(12-20)14-8-5-9-15(18)17(14)19/h2-9,16H,10-12,20H2,1H3. The van der Waals surface area contributed by atoms with Crippen molar-refractivity contribution < 1.29 is 8.78 Å². The average Bonchev–Trinajstić information content (AvgIpc) is 2.51. The number of halogens is 2. The number of nitrogens with zero attached hydrogens (tertiary/aromatic N) is 1. The molecule has 0 aliphatic carbocycles. The van der Waals surface area contributed by atoms with Gasteiger partial charge in [0.15, 0.2) is 11.6 Å². The number of hydrogen-bond acceptors (Lipinski definition) is 2. The van der Waals surface area contributed by atoms with E-state index in [2.05, 4.69) is 0 Å². The molecule has 0 bridgehead atoms. The summed E-state index contributed by atoms with van der Waals surface area (Å²) >= 11 is 0. The summed E-state index contributed by atoms with van der Waals surface area (Å²) in [6.45, 7) is 0.966. The minimum atomic E-state index is -0.831. The van der Waals surface area contributed by atoms with Gasteiger partial charge in [0.05, 0.1) is 0 Å². The molecule has 0 radical (unpaired) electrons. The normalized spacial score (nSPS) is 12.6. The van der Waals surface area contributed by atoms with Crippen LogP contribution in [0.15, 0.2) is 48.5 Å². The maximum Gasteiger partial charge on any atom is 0.163 e. The molecule has 0 amide bonds. The van der Waals surface area contributed by atoms with Gasteiger partial charge in [0.25, 0.3) is 0 Å². The zero-order chi connectivity index (χ0) is 15.2. The molecule has 0 aliphatic rings. The lowest BCUT2D eigenvalue weighted by Gasteiger charge is -2.27. The molecule has 112 valence electrons. The SMILES string of the molecule is CN(CCc1ccccc1)C(CN)c1cccc(F)c1F. The molecule has 0 aliphatic heterocycles. The third-order valence-electron chi connectivity index (χ3n) is 3.69. The highest BCUT2D eigenvalue weighted by Crippen LogP contribution is 2.23. The molecule has 0 heterocycles. The van der Waals surface area contributed by atoms with E-state index in [-0.39, 0.29) is 12.6 Å². The minimum absolute atomic E-state index is 0.242. The van der Waals surface area contributed by atoms with Crippen molar-refractivity contribution in [2.24, 2.45) is 5.73 Å². The quantitative estimate of drug-likeness (QED) is 0.885. The molecular formula is C17H20F2N2. The van der Waals surface area contributed by atoms with Crippen LogP contribution in [0.4, 0.5) is 8.78 Å². The van der Waals surface area contributed by atoms with Crippen LogP contribution in [0, 0.1) is 11.6 Å². The van der Waals surface area contributed by atoms with Gasteiger partial charge in [-0.2, -0.15) is 0 Å². The smallest absolute Gasteiger partial charge is 0.163 e. The van der Waals surface area contributed by atoms with Crippen LogP contribution >= 0.6 is 0 Å². The highest BCUT2D eigenvalue weighted by Gasteiger charge is 2.20. The minimum Gasteiger partial charge on any atom is -0.329 e. The first-order chi connectivity index (χ1) is 10.1. The fourth-order valence-corrected chi connectivity index (χ4v) is 2.43. The summed E-state index contributed by atoms with van der Waals surface area (Å²) in [5, 5.41) is 0. The lowest BCUT2D eigenvalue weighted by atomic mass is 10.0. The van der Waals surface area contributed by atoms with E-state index in [1.807, 2.05) is 42.3 Å². The van der Waals surface area contributed by atoms with Gasteiger partial charge in [-0.3, -0.25) is 4.90 Å². The summed E-state index contributed by atoms with van der Waals surface area (Å²) in [7, 11) is 1.88. The third kappa shape index (κ3) is 3.86. The predicted octanol–water partition coefficient (Wildman–Crippen LogP) is 3.14. The van der Waals surface area contributed by atoms with Gasteiger partial charge in [-0.15, -0.1) is 0 Å². The maximum absolute atomic E-state index is 13.9. The Balaban J connectivity index is 2.08. The van der Waals surface area contributed by atoms with Gasteiger partial charge in [0.2, 0.25) is 0 Å². The molecule has 0 saturated carbocycles. The van der Waals surface area contributed by atoms with Crippen molar-refractivity contribution in [2.75, 3.05) is 20.1 Å². The number of rotatable bonds is 6. The Morgan fingerprint density at radius 1 is 1.05 bits per heavy atom. The van der Waals surface area contributed by atoms with Crippen LogP contribution in [-0.4, -0.2) is 25.0 Å². The molecule has 21 heavy (non-hydrogen) atoms. The second-order valence-electron chi connectivity index (χ2n) is 5.11. The fourth-order valence-electron chi connectivity index (χ4n) is 2.43. The zero-order valence-corrected chi connectivity index (χ0v) is 12.1. The van der Waals surface area contributed by atoms with Crippen molar-refractivity contribution in [2.45, 2.75) is 12.5 Å². The summed E-state index contributed by atoms with van der Waals surface area (Å²) < 4.78 is 27.3. The topological polar surface area (TPSA) is 29.3 Å². The van der Waals surface area contributed by atoms with Gasteiger partial charge in [-0.25, -0.2) is 8.78 Å². The maximum atomic E-state index is 13.9. The Bertz CT molecular complexity index is 572. The molecule has 1 atom stereocenters. The van der Waals surface area contributed by atoms with Gasteiger partial charge in [-0.1, -0.05) is 42.5 Å². The zero-order valence-electron chi connectivity index (χ0n) is 12.1. The van der Waals surface area contributed by atoms with Gasteiger partial charge >= 0.3 is 0 Å². The molecule has 0 spiro atoms. The van der Waals surface area contributed by atoms with Crippen LogP contribution in [0.1, 0.15) is 17.2 Å². The van der Waals surface area contributed by atoms with Crippen molar-refractivity contribution in [3.63, 3.8) is 0 Å². The Morgan fingerprint density at radius 2 is 1.76 bits per heavy atom. The molecule has 4 heteroatoms. The van der Waals surface area contributed by atoms with E-state index in [1.165, 1.54) is 11.6 Å². The first kappa shape index (κ1) is 15.6. The molecule has 0 saturated heterocycles. The third-order valence-corrected chi connectivity index (χ3v) is 3.69. The summed E-state index contributed by atoms with van der Waals surface area (Å²) in [6, 6.07) is 13.9. The molecule has 2 N–H and O–H groups in total. The highest BCUT2D eigenvalue weighted by molar-refractivity contribution is 5.23. The molecule has 0 aromatic heterocycles. The van der Waals surface area contributed by atoms with Gasteiger partial charge < -0.3 is 5.73 Å². The van der Waals surface area contributed by atoms with Crippen LogP contribution in [-0.2, 0) is 6.42 Å². The van der Waals surface area contributed by atoms with E-state index < -0.39 is 11.6 Å². The van der Waals surface area contributed by atoms with Crippen LogP contribution < -0.4 is 5.73 Å². The van der Waals surface area contributed by atoms with E-state index in [0.717, 1.165) is 19.0 Å². The van der Waals surface area contributed by atoms with Gasteiger partial charge in [0, 0.05) is 24.7 Å². The number of likely N-dealkylation sites (N-methyl/N-ethyl adjacent to an activating group) is 1. The van der Waals surface area contributed by atoms with E-state index in [9.17, 15) is 8.78 Å². The van der Waals surface area contributed by atoms with Crippen LogP contribution in [0.5, 0.6) is 0 Å². The van der Waals surface area contributed by atoms with Crippen molar-refractivity contribution in [3.8, 4) is 0 Å². The molecule has 1 unspecified atom stereocenters. The molecular weight excluding hydrogens is 270 g/mol. The lowest BCUT2D eigenvalue weighted by Crippen LogP contribution is -2.33. The molecule has 0 fully saturated rings. The summed E-state index contributed by atoms with van der Waals surface area (Å²) in [4.78, 5) is 1.96. The van der Waals surface area contributed by atoms with Crippen molar-refractivity contribution >= 4 is 0 Å². The molecule has 2 nitrogen and oxygen atoms in total. The Kier molecular flexibility index (Phi) is 5.42. The number of benzene rings is 2. The molecule has 2 rings (SSSR count). The fraction of sp³-hybridized carbons (Fsp3) is 0.294. The predicted molar refractivity (Wildman–Crippen MR) is 80.9 cm³/mol. The Labute approximate surface area is 124 Å². The van der Waals surface area contributed by atoms with E-state index in [4.69, 9.17) is 5.73 Å². The molecule has 2 aromatic rings. The van der Waals surface area contributed by atoms with Crippen molar-refractivity contribution in [1.82, 2.24) is 4.90 Å². The van der Waals surface area contributed by atoms with Crippen molar-refractivity contribution in [3.05, 3.63) is 71.3 Å². The Morgan fingerprint density at radius 3 is 2.43 bits per heavy atom. The van der Waals surface area contributed by atoms with Gasteiger partial charge in [-0.05, 0) is 25.1 Å². The second-order valence-corrected chi connectivity index (χ2v) is 5.11. The van der Waals surface area contributed by atoms with Crippen LogP contribution in [0.2, 0.25) is 0 Å². The van der Waals surface area contributed by atoms with E-state index in [0.29, 0.717) is 5.56 Å². The number of nitrogens with two attached hydrogens (primary N) is 1. The monoisotopic (exact) mass is 290 g/mol. The summed E-state index contributed by atoms with van der Waals surface area (Å²) in [5.41, 5.74) is 7.28. The summed E-state index contributed by atoms with van der Waals surface area (Å²) in [6.07, 6.45) is 0.838. The van der Waals surface area contributed by atoms with E-state index >= 15 is 0 Å².